The maximum atomic E-state index is 10.8. The van der Waals surface area contributed by atoms with Crippen LogP contribution in [0.15, 0.2) is 0 Å². The van der Waals surface area contributed by atoms with E-state index >= 15 is 0 Å². The van der Waals surface area contributed by atoms with E-state index < -0.39 is 46.0 Å². The Hall–Kier alpha value is -2.37. The molecule has 2 N–H and O–H groups in total. The summed E-state index contributed by atoms with van der Waals surface area (Å²) >= 11 is 0. The van der Waals surface area contributed by atoms with Crippen molar-refractivity contribution in [1.29, 1.82) is 0 Å². The molecule has 17 heavy (non-hydrogen) atoms. The monoisotopic (exact) mass is 252 g/mol. The maximum Gasteiger partial charge on any atom is 0.700 e. The predicted molar refractivity (Wildman–Crippen MR) is 48.2 cm³/mol. The average molecular weight is 252 g/mol. The quantitative estimate of drug-likeness (QED) is 0.306. The van der Waals surface area contributed by atoms with Crippen molar-refractivity contribution >= 4 is 5.91 Å². The van der Waals surface area contributed by atoms with E-state index in [0.717, 1.165) is 0 Å². The number of rotatable bonds is 7. The molecule has 0 aliphatic carbocycles. The van der Waals surface area contributed by atoms with Gasteiger partial charge in [0.05, 0.1) is 0 Å². The molecule has 96 valence electrons. The lowest BCUT2D eigenvalue weighted by atomic mass is 10.2. The van der Waals surface area contributed by atoms with Gasteiger partial charge in [0, 0.05) is 6.42 Å². The Balaban J connectivity index is 4.95. The minimum Gasteiger partial charge on any atom is -0.377 e. The molecule has 0 saturated heterocycles. The number of nitrogens with one attached hydrogen (secondary N) is 1. The van der Waals surface area contributed by atoms with Gasteiger partial charge < -0.3 is 10.4 Å². The summed E-state index contributed by atoms with van der Waals surface area (Å²) in [6.45, 7) is -0.777. The van der Waals surface area contributed by atoms with Crippen molar-refractivity contribution in [1.82, 2.24) is 5.32 Å². The van der Waals surface area contributed by atoms with Gasteiger partial charge in [-0.25, -0.2) is 0 Å². The number of nitrogens with zero attached hydrogens (tertiary/aromatic N) is 3. The van der Waals surface area contributed by atoms with Crippen LogP contribution in [0.3, 0.4) is 0 Å². The number of hydrogen-bond acceptors (Lipinski definition) is 8. The van der Waals surface area contributed by atoms with Gasteiger partial charge in [-0.3, -0.25) is 35.1 Å². The molecule has 12 nitrogen and oxygen atoms in total. The van der Waals surface area contributed by atoms with Crippen LogP contribution in [0.4, 0.5) is 0 Å². The zero-order valence-corrected chi connectivity index (χ0v) is 8.27. The Kier molecular flexibility index (Phi) is 4.86. The van der Waals surface area contributed by atoms with E-state index in [9.17, 15) is 35.1 Å². The standard InChI is InChI=1S/C5H8N4O8/c10-3-6-4(11)1-2-5(7(12)13,8(14)15)9(16)17/h10H,1-3H2,(H,6,11). The average Bonchev–Trinajstić information content (AvgIpc) is 2.17. The van der Waals surface area contributed by atoms with Crippen LogP contribution in [0, 0.1) is 30.3 Å². The molecule has 0 aromatic heterocycles. The molecule has 0 aromatic carbocycles. The van der Waals surface area contributed by atoms with E-state index in [-0.39, 0.29) is 0 Å². The van der Waals surface area contributed by atoms with Crippen molar-refractivity contribution < 1.29 is 24.7 Å². The van der Waals surface area contributed by atoms with Gasteiger partial charge in [-0.2, -0.15) is 0 Å². The molecule has 12 heteroatoms. The van der Waals surface area contributed by atoms with Crippen molar-refractivity contribution in [3.8, 4) is 0 Å². The maximum absolute atomic E-state index is 10.8. The molecule has 0 bridgehead atoms. The lowest BCUT2D eigenvalue weighted by Crippen LogP contribution is -2.53. The first-order valence-electron chi connectivity index (χ1n) is 4.10. The molecule has 0 aliphatic rings. The fourth-order valence-corrected chi connectivity index (χ4v) is 0.932. The SMILES string of the molecule is O=C(CCC([N+](=O)[O-])([N+](=O)[O-])[N+](=O)[O-])NCO. The molecule has 0 aromatic rings. The molecule has 0 aliphatic heterocycles. The van der Waals surface area contributed by atoms with Crippen LogP contribution in [-0.4, -0.2) is 38.3 Å². The smallest absolute Gasteiger partial charge is 0.377 e. The zero-order chi connectivity index (χ0) is 13.6. The zero-order valence-electron chi connectivity index (χ0n) is 8.27. The highest BCUT2D eigenvalue weighted by molar-refractivity contribution is 5.75. The number of aliphatic hydroxyl groups is 1. The Morgan fingerprint density at radius 3 is 1.82 bits per heavy atom. The van der Waals surface area contributed by atoms with Crippen LogP contribution in [0.5, 0.6) is 0 Å². The second-order valence-electron chi connectivity index (χ2n) is 2.80. The molecule has 0 saturated carbocycles. The molecule has 0 fully saturated rings. The molecule has 0 heterocycles. The predicted octanol–water partition coefficient (Wildman–Crippen LogP) is -1.68. The van der Waals surface area contributed by atoms with Crippen LogP contribution in [0.2, 0.25) is 0 Å². The second-order valence-corrected chi connectivity index (χ2v) is 2.80. The van der Waals surface area contributed by atoms with E-state index in [2.05, 4.69) is 0 Å². The van der Waals surface area contributed by atoms with E-state index in [1.54, 1.807) is 5.32 Å². The molecular weight excluding hydrogens is 244 g/mol. The Morgan fingerprint density at radius 1 is 1.12 bits per heavy atom. The number of carbonyl (C=O) groups is 1. The molecule has 0 atom stereocenters. The van der Waals surface area contributed by atoms with Crippen LogP contribution in [0.25, 0.3) is 0 Å². The third-order valence-corrected chi connectivity index (χ3v) is 1.84. The van der Waals surface area contributed by atoms with E-state index in [4.69, 9.17) is 5.11 Å². The summed E-state index contributed by atoms with van der Waals surface area (Å²) in [5.74, 6) is -4.62. The van der Waals surface area contributed by atoms with E-state index in [1.807, 2.05) is 0 Å². The summed E-state index contributed by atoms with van der Waals surface area (Å²) in [5.41, 5.74) is 0. The first-order valence-corrected chi connectivity index (χ1v) is 4.10. The molecule has 1 amide bonds. The third-order valence-electron chi connectivity index (χ3n) is 1.84. The van der Waals surface area contributed by atoms with Crippen LogP contribution in [-0.2, 0) is 4.79 Å². The lowest BCUT2D eigenvalue weighted by Gasteiger charge is -2.08. The molecule has 0 radical (unpaired) electrons. The van der Waals surface area contributed by atoms with Gasteiger partial charge in [0.25, 0.3) is 0 Å². The summed E-state index contributed by atoms with van der Waals surface area (Å²) in [7, 11) is 0. The minimum atomic E-state index is -3.65. The highest BCUT2D eigenvalue weighted by atomic mass is 16.7. The molecular formula is C5H8N4O8. The largest absolute Gasteiger partial charge is 0.700 e. The van der Waals surface area contributed by atoms with Crippen molar-refractivity contribution in [2.24, 2.45) is 0 Å². The van der Waals surface area contributed by atoms with Crippen molar-refractivity contribution in [3.63, 3.8) is 0 Å². The number of hydrogen-bond donors (Lipinski definition) is 2. The highest BCUT2D eigenvalue weighted by Crippen LogP contribution is 2.19. The van der Waals surface area contributed by atoms with Gasteiger partial charge in [-0.05, 0) is 0 Å². The number of aliphatic hydroxyl groups excluding tert-OH is 1. The Morgan fingerprint density at radius 2 is 1.53 bits per heavy atom. The summed E-state index contributed by atoms with van der Waals surface area (Å²) in [4.78, 5) is 37.1. The third kappa shape index (κ3) is 3.04. The number of carbonyl (C=O) groups excluding carboxylic acids is 1. The van der Waals surface area contributed by atoms with Gasteiger partial charge in [-0.1, -0.05) is 0 Å². The van der Waals surface area contributed by atoms with Gasteiger partial charge >= 0.3 is 5.79 Å². The highest BCUT2D eigenvalue weighted by Gasteiger charge is 2.69. The normalized spacial score (nSPS) is 10.6. The second kappa shape index (κ2) is 5.64. The summed E-state index contributed by atoms with van der Waals surface area (Å²) in [6, 6.07) is 0. The molecule has 0 rings (SSSR count). The van der Waals surface area contributed by atoms with Crippen LogP contribution in [0.1, 0.15) is 12.8 Å². The summed E-state index contributed by atoms with van der Waals surface area (Å²) < 4.78 is 0. The van der Waals surface area contributed by atoms with Gasteiger partial charge in [-0.15, -0.1) is 0 Å². The number of amides is 1. The topological polar surface area (TPSA) is 179 Å². The van der Waals surface area contributed by atoms with E-state index in [1.165, 1.54) is 0 Å². The van der Waals surface area contributed by atoms with Gasteiger partial charge in [0.15, 0.2) is 21.2 Å². The number of nitro groups is 3. The summed E-state index contributed by atoms with van der Waals surface area (Å²) in [5, 5.41) is 41.3. The van der Waals surface area contributed by atoms with Crippen LogP contribution >= 0.6 is 0 Å². The van der Waals surface area contributed by atoms with Crippen molar-refractivity contribution in [3.05, 3.63) is 30.3 Å². The van der Waals surface area contributed by atoms with Crippen molar-refractivity contribution in [2.75, 3.05) is 6.73 Å². The molecule has 0 spiro atoms. The Labute approximate surface area is 92.7 Å². The van der Waals surface area contributed by atoms with Crippen molar-refractivity contribution in [2.45, 2.75) is 18.6 Å². The fraction of sp³-hybridized carbons (Fsp3) is 0.800. The van der Waals surface area contributed by atoms with E-state index in [0.29, 0.717) is 0 Å². The van der Waals surface area contributed by atoms with Gasteiger partial charge in [0.1, 0.15) is 6.73 Å². The lowest BCUT2D eigenvalue weighted by molar-refractivity contribution is -0.970. The minimum absolute atomic E-state index is 0.777. The van der Waals surface area contributed by atoms with Gasteiger partial charge in [0.2, 0.25) is 5.91 Å². The first kappa shape index (κ1) is 14.6. The Bertz CT molecular complexity index is 318. The fourth-order valence-electron chi connectivity index (χ4n) is 0.932. The van der Waals surface area contributed by atoms with Crippen LogP contribution < -0.4 is 5.32 Å². The first-order chi connectivity index (χ1) is 7.78. The summed E-state index contributed by atoms with van der Waals surface area (Å²) in [6.07, 6.45) is -2.05. The molecule has 0 unspecified atom stereocenters.